The van der Waals surface area contributed by atoms with Crippen LogP contribution in [0.25, 0.3) is 0 Å². The van der Waals surface area contributed by atoms with Crippen molar-refractivity contribution < 1.29 is 24.1 Å². The molecular weight excluding hydrogens is 212 g/mol. The Hall–Kier alpha value is -0.650. The number of hydrogen-bond acceptors (Lipinski definition) is 5. The van der Waals surface area contributed by atoms with Gasteiger partial charge in [-0.2, -0.15) is 0 Å². The first-order valence-corrected chi connectivity index (χ1v) is 5.65. The minimum atomic E-state index is -0.577. The molecule has 0 aromatic rings. The van der Waals surface area contributed by atoms with Crippen molar-refractivity contribution in [3.63, 3.8) is 0 Å². The van der Waals surface area contributed by atoms with E-state index in [-0.39, 0.29) is 24.6 Å². The highest BCUT2D eigenvalue weighted by atomic mass is 16.6. The average molecular weight is 230 g/mol. The molecule has 0 aliphatic carbocycles. The summed E-state index contributed by atoms with van der Waals surface area (Å²) in [6, 6.07) is 0. The Morgan fingerprint density at radius 1 is 1.62 bits per heavy atom. The monoisotopic (exact) mass is 230 g/mol. The van der Waals surface area contributed by atoms with Crippen molar-refractivity contribution in [3.05, 3.63) is 0 Å². The number of epoxide rings is 1. The zero-order chi connectivity index (χ0) is 11.8. The molecule has 92 valence electrons. The minimum absolute atomic E-state index is 0.205. The Kier molecular flexibility index (Phi) is 3.19. The number of hydrogen-bond donors (Lipinski definition) is 1. The molecule has 0 radical (unpaired) electrons. The Morgan fingerprint density at radius 2 is 2.31 bits per heavy atom. The fourth-order valence-electron chi connectivity index (χ4n) is 2.30. The van der Waals surface area contributed by atoms with E-state index < -0.39 is 11.7 Å². The third-order valence-electron chi connectivity index (χ3n) is 3.37. The maximum absolute atomic E-state index is 11.2. The zero-order valence-corrected chi connectivity index (χ0v) is 9.64. The number of rotatable bonds is 3. The molecule has 0 amide bonds. The molecule has 16 heavy (non-hydrogen) atoms. The molecule has 4 atom stereocenters. The van der Waals surface area contributed by atoms with Crippen LogP contribution in [0.4, 0.5) is 0 Å². The van der Waals surface area contributed by atoms with E-state index in [4.69, 9.17) is 9.47 Å². The van der Waals surface area contributed by atoms with Gasteiger partial charge < -0.3 is 19.3 Å². The molecule has 5 heteroatoms. The lowest BCUT2D eigenvalue weighted by Gasteiger charge is -2.37. The number of esters is 1. The van der Waals surface area contributed by atoms with Gasteiger partial charge in [-0.15, -0.1) is 0 Å². The summed E-state index contributed by atoms with van der Waals surface area (Å²) in [5.41, 5.74) is -0.461. The Labute approximate surface area is 94.7 Å². The van der Waals surface area contributed by atoms with Crippen LogP contribution in [0.1, 0.15) is 26.2 Å². The number of carbonyl (C=O) groups excluding carboxylic acids is 1. The van der Waals surface area contributed by atoms with Crippen LogP contribution in [0.15, 0.2) is 0 Å². The number of ether oxygens (including phenoxy) is 3. The van der Waals surface area contributed by atoms with E-state index in [0.717, 1.165) is 0 Å². The second-order valence-electron chi connectivity index (χ2n) is 4.49. The number of aliphatic hydroxyl groups is 1. The number of aliphatic hydroxyl groups excluding tert-OH is 1. The van der Waals surface area contributed by atoms with Gasteiger partial charge in [-0.05, 0) is 6.42 Å². The summed E-state index contributed by atoms with van der Waals surface area (Å²) in [6.07, 6.45) is 0.481. The molecule has 2 aliphatic rings. The van der Waals surface area contributed by atoms with Crippen molar-refractivity contribution in [3.8, 4) is 0 Å². The third-order valence-corrected chi connectivity index (χ3v) is 3.37. The van der Waals surface area contributed by atoms with Gasteiger partial charge in [-0.1, -0.05) is 6.92 Å². The fraction of sp³-hybridized carbons (Fsp3) is 0.909. The van der Waals surface area contributed by atoms with Crippen LogP contribution in [0.5, 0.6) is 0 Å². The Balaban J connectivity index is 1.99. The second-order valence-corrected chi connectivity index (χ2v) is 4.49. The third kappa shape index (κ3) is 2.07. The van der Waals surface area contributed by atoms with Crippen LogP contribution in [0.3, 0.4) is 0 Å². The SMILES string of the molecule is CC[C@H]1O[C@H](CC(=O)OC)C[C@@]2(CO2)[C@@H]1O. The maximum atomic E-state index is 11.2. The molecule has 0 saturated carbocycles. The van der Waals surface area contributed by atoms with E-state index in [1.54, 1.807) is 0 Å². The Morgan fingerprint density at radius 3 is 2.81 bits per heavy atom. The Bertz CT molecular complexity index is 274. The van der Waals surface area contributed by atoms with Gasteiger partial charge in [-0.3, -0.25) is 4.79 Å². The molecule has 2 heterocycles. The first-order chi connectivity index (χ1) is 7.61. The molecule has 0 unspecified atom stereocenters. The highest BCUT2D eigenvalue weighted by Gasteiger charge is 2.58. The lowest BCUT2D eigenvalue weighted by molar-refractivity contribution is -0.167. The van der Waals surface area contributed by atoms with Crippen molar-refractivity contribution in [2.45, 2.75) is 50.1 Å². The maximum Gasteiger partial charge on any atom is 0.308 e. The van der Waals surface area contributed by atoms with Crippen molar-refractivity contribution >= 4 is 5.97 Å². The van der Waals surface area contributed by atoms with Gasteiger partial charge >= 0.3 is 5.97 Å². The van der Waals surface area contributed by atoms with Crippen LogP contribution < -0.4 is 0 Å². The van der Waals surface area contributed by atoms with Gasteiger partial charge in [0, 0.05) is 6.42 Å². The molecule has 5 nitrogen and oxygen atoms in total. The molecule has 2 aliphatic heterocycles. The van der Waals surface area contributed by atoms with Crippen molar-refractivity contribution in [1.29, 1.82) is 0 Å². The van der Waals surface area contributed by atoms with Gasteiger partial charge in [-0.25, -0.2) is 0 Å². The average Bonchev–Trinajstić information content (AvgIpc) is 3.04. The van der Waals surface area contributed by atoms with Gasteiger partial charge in [0.15, 0.2) is 0 Å². The molecule has 2 fully saturated rings. The van der Waals surface area contributed by atoms with Gasteiger partial charge in [0.2, 0.25) is 0 Å². The molecule has 1 spiro atoms. The van der Waals surface area contributed by atoms with Crippen LogP contribution >= 0.6 is 0 Å². The minimum Gasteiger partial charge on any atom is -0.469 e. The predicted molar refractivity (Wildman–Crippen MR) is 54.9 cm³/mol. The van der Waals surface area contributed by atoms with E-state index in [1.165, 1.54) is 7.11 Å². The lowest BCUT2D eigenvalue weighted by Crippen LogP contribution is -2.50. The topological polar surface area (TPSA) is 68.3 Å². The lowest BCUT2D eigenvalue weighted by atomic mass is 9.87. The molecular formula is C11H18O5. The predicted octanol–water partition coefficient (Wildman–Crippen LogP) is 0.247. The van der Waals surface area contributed by atoms with Crippen molar-refractivity contribution in [2.75, 3.05) is 13.7 Å². The van der Waals surface area contributed by atoms with Crippen LogP contribution in [0.2, 0.25) is 0 Å². The summed E-state index contributed by atoms with van der Waals surface area (Å²) in [7, 11) is 1.36. The largest absolute Gasteiger partial charge is 0.469 e. The van der Waals surface area contributed by atoms with Gasteiger partial charge in [0.25, 0.3) is 0 Å². The standard InChI is InChI=1S/C11H18O5/c1-3-8-10(13)11(6-15-11)5-7(16-8)4-9(12)14-2/h7-8,10,13H,3-6H2,1-2H3/t7-,8-,10-,11-/m1/s1. The van der Waals surface area contributed by atoms with E-state index in [2.05, 4.69) is 4.74 Å². The number of methoxy groups -OCH3 is 1. The smallest absolute Gasteiger partial charge is 0.308 e. The summed E-state index contributed by atoms with van der Waals surface area (Å²) < 4.78 is 15.6. The van der Waals surface area contributed by atoms with E-state index >= 15 is 0 Å². The van der Waals surface area contributed by atoms with Crippen molar-refractivity contribution in [2.24, 2.45) is 0 Å². The highest BCUT2D eigenvalue weighted by molar-refractivity contribution is 5.69. The van der Waals surface area contributed by atoms with E-state index in [1.807, 2.05) is 6.92 Å². The summed E-state index contributed by atoms with van der Waals surface area (Å²) >= 11 is 0. The highest BCUT2D eigenvalue weighted by Crippen LogP contribution is 2.43. The van der Waals surface area contributed by atoms with Crippen LogP contribution in [0, 0.1) is 0 Å². The van der Waals surface area contributed by atoms with Crippen LogP contribution in [-0.2, 0) is 19.0 Å². The second kappa shape index (κ2) is 4.31. The van der Waals surface area contributed by atoms with Gasteiger partial charge in [0.05, 0.1) is 32.3 Å². The van der Waals surface area contributed by atoms with Crippen LogP contribution in [-0.4, -0.2) is 48.7 Å². The molecule has 1 N–H and O–H groups in total. The van der Waals surface area contributed by atoms with Crippen molar-refractivity contribution in [1.82, 2.24) is 0 Å². The molecule has 2 rings (SSSR count). The molecule has 0 bridgehead atoms. The normalized spacial score (nSPS) is 42.1. The first-order valence-electron chi connectivity index (χ1n) is 5.65. The van der Waals surface area contributed by atoms with Gasteiger partial charge in [0.1, 0.15) is 11.7 Å². The summed E-state index contributed by atoms with van der Waals surface area (Å²) in [5, 5.41) is 10.0. The summed E-state index contributed by atoms with van der Waals surface area (Å²) in [6.45, 7) is 2.51. The molecule has 0 aromatic heterocycles. The number of carbonyl (C=O) groups is 1. The summed E-state index contributed by atoms with van der Waals surface area (Å²) in [4.78, 5) is 11.2. The first kappa shape index (κ1) is 11.8. The fourth-order valence-corrected chi connectivity index (χ4v) is 2.30. The molecule has 0 aromatic carbocycles. The van der Waals surface area contributed by atoms with E-state index in [9.17, 15) is 9.90 Å². The molecule has 2 saturated heterocycles. The zero-order valence-electron chi connectivity index (χ0n) is 9.64. The van der Waals surface area contributed by atoms with E-state index in [0.29, 0.717) is 19.4 Å². The summed E-state index contributed by atoms with van der Waals surface area (Å²) in [5.74, 6) is -0.285. The quantitative estimate of drug-likeness (QED) is 0.556.